The molecule has 1 unspecified atom stereocenters. The van der Waals surface area contributed by atoms with E-state index in [1.165, 1.54) is 17.0 Å². The van der Waals surface area contributed by atoms with Crippen LogP contribution in [-0.4, -0.2) is 42.3 Å². The third kappa shape index (κ3) is 4.02. The molecule has 0 bridgehead atoms. The molecule has 1 fully saturated rings. The molecule has 26 heavy (non-hydrogen) atoms. The van der Waals surface area contributed by atoms with Gasteiger partial charge in [0.15, 0.2) is 0 Å². The summed E-state index contributed by atoms with van der Waals surface area (Å²) in [6.45, 7) is 1.36. The van der Waals surface area contributed by atoms with Crippen molar-refractivity contribution in [3.8, 4) is 11.1 Å². The van der Waals surface area contributed by atoms with Crippen molar-refractivity contribution in [1.82, 2.24) is 4.90 Å². The van der Waals surface area contributed by atoms with E-state index in [1.54, 1.807) is 24.3 Å². The van der Waals surface area contributed by atoms with E-state index in [0.717, 1.165) is 25.5 Å². The molecule has 1 N–H and O–H groups in total. The van der Waals surface area contributed by atoms with Gasteiger partial charge in [-0.25, -0.2) is 13.6 Å². The van der Waals surface area contributed by atoms with E-state index in [-0.39, 0.29) is 0 Å². The second-order valence-corrected chi connectivity index (χ2v) is 6.67. The molecule has 1 saturated heterocycles. The van der Waals surface area contributed by atoms with Crippen molar-refractivity contribution >= 4 is 11.8 Å². The lowest BCUT2D eigenvalue weighted by molar-refractivity contribution is 0.200. The molecule has 2 aromatic rings. The Morgan fingerprint density at radius 1 is 1.23 bits per heavy atom. The highest BCUT2D eigenvalue weighted by Crippen LogP contribution is 2.32. The lowest BCUT2D eigenvalue weighted by Gasteiger charge is -2.26. The number of carboxylic acid groups (broad SMARTS) is 1. The van der Waals surface area contributed by atoms with E-state index in [1.807, 2.05) is 7.05 Å². The second-order valence-electron chi connectivity index (χ2n) is 6.67. The molecule has 0 aromatic heterocycles. The van der Waals surface area contributed by atoms with Crippen LogP contribution in [-0.2, 0) is 0 Å². The van der Waals surface area contributed by atoms with Gasteiger partial charge in [-0.1, -0.05) is 18.2 Å². The lowest BCUT2D eigenvalue weighted by atomic mass is 10.0. The summed E-state index contributed by atoms with van der Waals surface area (Å²) in [6, 6.07) is 10.4. The topological polar surface area (TPSA) is 43.8 Å². The summed E-state index contributed by atoms with van der Waals surface area (Å²) in [6.07, 6.45) is 1.82. The highest BCUT2D eigenvalue weighted by molar-refractivity contribution is 5.92. The number of rotatable bonds is 5. The third-order valence-corrected chi connectivity index (χ3v) is 4.96. The molecule has 138 valence electrons. The quantitative estimate of drug-likeness (QED) is 0.847. The number of nitrogens with zero attached hydrogens (tertiary/aromatic N) is 2. The molecule has 1 atom stereocenters. The van der Waals surface area contributed by atoms with E-state index in [4.69, 9.17) is 0 Å². The minimum Gasteiger partial charge on any atom is -0.465 e. The average Bonchev–Trinajstić information content (AvgIpc) is 2.99. The number of anilines is 1. The normalized spacial score (nSPS) is 17.4. The van der Waals surface area contributed by atoms with Crippen LogP contribution in [0.25, 0.3) is 11.1 Å². The molecule has 6 heteroatoms. The Kier molecular flexibility index (Phi) is 5.52. The molecule has 3 rings (SSSR count). The van der Waals surface area contributed by atoms with Crippen molar-refractivity contribution in [2.24, 2.45) is 0 Å². The number of hydrogen-bond acceptors (Lipinski definition) is 2. The van der Waals surface area contributed by atoms with Gasteiger partial charge in [0.05, 0.1) is 5.69 Å². The molecule has 1 aliphatic rings. The van der Waals surface area contributed by atoms with Crippen molar-refractivity contribution in [3.63, 3.8) is 0 Å². The smallest absolute Gasteiger partial charge is 0.411 e. The number of benzene rings is 2. The molecule has 1 heterocycles. The van der Waals surface area contributed by atoms with Crippen LogP contribution in [0.15, 0.2) is 42.5 Å². The van der Waals surface area contributed by atoms with E-state index in [0.29, 0.717) is 35.8 Å². The fraction of sp³-hybridized carbons (Fsp3) is 0.350. The summed E-state index contributed by atoms with van der Waals surface area (Å²) >= 11 is 0. The number of amides is 1. The summed E-state index contributed by atoms with van der Waals surface area (Å²) in [5, 5.41) is 9.71. The zero-order chi connectivity index (χ0) is 18.7. The van der Waals surface area contributed by atoms with Gasteiger partial charge in [0.25, 0.3) is 0 Å². The predicted octanol–water partition coefficient (Wildman–Crippen LogP) is 4.60. The summed E-state index contributed by atoms with van der Waals surface area (Å²) in [4.78, 5) is 15.4. The molecular formula is C20H22F2N2O2. The van der Waals surface area contributed by atoms with Gasteiger partial charge in [-0.2, -0.15) is 0 Å². The van der Waals surface area contributed by atoms with Crippen LogP contribution in [0.5, 0.6) is 0 Å². The third-order valence-electron chi connectivity index (χ3n) is 4.96. The maximum Gasteiger partial charge on any atom is 0.411 e. The minimum absolute atomic E-state index is 0.322. The first-order valence-electron chi connectivity index (χ1n) is 8.72. The van der Waals surface area contributed by atoms with Crippen LogP contribution in [0.1, 0.15) is 19.3 Å². The number of halogens is 2. The first-order valence-corrected chi connectivity index (χ1v) is 8.72. The molecule has 0 saturated carbocycles. The second kappa shape index (κ2) is 7.83. The zero-order valence-electron chi connectivity index (χ0n) is 14.7. The summed E-state index contributed by atoms with van der Waals surface area (Å²) in [7, 11) is 2.05. The Morgan fingerprint density at radius 3 is 2.54 bits per heavy atom. The fourth-order valence-corrected chi connectivity index (χ4v) is 3.60. The largest absolute Gasteiger partial charge is 0.465 e. The first-order chi connectivity index (χ1) is 12.5. The van der Waals surface area contributed by atoms with Crippen LogP contribution in [0, 0.1) is 11.6 Å². The van der Waals surface area contributed by atoms with Crippen molar-refractivity contribution in [1.29, 1.82) is 0 Å². The van der Waals surface area contributed by atoms with Gasteiger partial charge in [-0.15, -0.1) is 0 Å². The Morgan fingerprint density at radius 2 is 1.92 bits per heavy atom. The first kappa shape index (κ1) is 18.3. The van der Waals surface area contributed by atoms with Crippen LogP contribution in [0.2, 0.25) is 0 Å². The van der Waals surface area contributed by atoms with Crippen molar-refractivity contribution in [3.05, 3.63) is 54.1 Å². The highest BCUT2D eigenvalue weighted by atomic mass is 19.1. The van der Waals surface area contributed by atoms with Gasteiger partial charge in [0.2, 0.25) is 0 Å². The molecule has 2 aromatic carbocycles. The van der Waals surface area contributed by atoms with Crippen molar-refractivity contribution in [2.45, 2.75) is 25.3 Å². The van der Waals surface area contributed by atoms with E-state index < -0.39 is 17.7 Å². The van der Waals surface area contributed by atoms with E-state index >= 15 is 0 Å². The number of carbonyl (C=O) groups is 1. The monoisotopic (exact) mass is 360 g/mol. The molecule has 0 spiro atoms. The summed E-state index contributed by atoms with van der Waals surface area (Å²) < 4.78 is 27.3. The predicted molar refractivity (Wildman–Crippen MR) is 97.4 cm³/mol. The van der Waals surface area contributed by atoms with Crippen molar-refractivity contribution < 1.29 is 18.7 Å². The highest BCUT2D eigenvalue weighted by Gasteiger charge is 2.24. The van der Waals surface area contributed by atoms with Crippen LogP contribution in [0.4, 0.5) is 19.3 Å². The van der Waals surface area contributed by atoms with E-state index in [9.17, 15) is 18.7 Å². The molecule has 1 amide bonds. The molecule has 1 aliphatic heterocycles. The minimum atomic E-state index is -1.07. The molecule has 0 radical (unpaired) electrons. The van der Waals surface area contributed by atoms with Crippen molar-refractivity contribution in [2.75, 3.05) is 25.0 Å². The van der Waals surface area contributed by atoms with E-state index in [2.05, 4.69) is 4.90 Å². The fourth-order valence-electron chi connectivity index (χ4n) is 3.60. The van der Waals surface area contributed by atoms with Gasteiger partial charge in [0.1, 0.15) is 11.6 Å². The molecule has 0 aliphatic carbocycles. The SMILES string of the molecule is CN1CCCC1CCN(C(=O)O)c1ccccc1-c1cc(F)cc(F)c1. The standard InChI is InChI=1S/C20H22F2N2O2/c1-23-9-4-5-17(23)8-10-24(20(25)26)19-7-3-2-6-18(19)14-11-15(21)13-16(22)12-14/h2-3,6-7,11-13,17H,4-5,8-10H2,1H3,(H,25,26). The number of hydrogen-bond donors (Lipinski definition) is 1. The van der Waals surface area contributed by atoms with Gasteiger partial charge in [0, 0.05) is 24.2 Å². The van der Waals surface area contributed by atoms with Crippen LogP contribution in [0.3, 0.4) is 0 Å². The maximum atomic E-state index is 13.6. The molecular weight excluding hydrogens is 338 g/mol. The Balaban J connectivity index is 1.91. The molecule has 4 nitrogen and oxygen atoms in total. The van der Waals surface area contributed by atoms with Gasteiger partial charge < -0.3 is 10.0 Å². The Hall–Kier alpha value is -2.47. The maximum absolute atomic E-state index is 13.6. The summed E-state index contributed by atoms with van der Waals surface area (Å²) in [5.41, 5.74) is 1.25. The van der Waals surface area contributed by atoms with Crippen LogP contribution < -0.4 is 4.90 Å². The van der Waals surface area contributed by atoms with Gasteiger partial charge in [-0.3, -0.25) is 4.90 Å². The Labute approximate surface area is 151 Å². The summed E-state index contributed by atoms with van der Waals surface area (Å²) in [5.74, 6) is -1.38. The number of likely N-dealkylation sites (tertiary alicyclic amines) is 1. The van der Waals surface area contributed by atoms with Gasteiger partial charge >= 0.3 is 6.09 Å². The lowest BCUT2D eigenvalue weighted by Crippen LogP contribution is -2.35. The Bertz CT molecular complexity index is 777. The average molecular weight is 360 g/mol. The van der Waals surface area contributed by atoms with Crippen LogP contribution >= 0.6 is 0 Å². The van der Waals surface area contributed by atoms with Gasteiger partial charge in [-0.05, 0) is 56.6 Å². The number of para-hydroxylation sites is 1. The zero-order valence-corrected chi connectivity index (χ0v) is 14.7.